The van der Waals surface area contributed by atoms with Crippen LogP contribution in [0.1, 0.15) is 11.6 Å². The first-order chi connectivity index (χ1) is 5.65. The van der Waals surface area contributed by atoms with Gasteiger partial charge >= 0.3 is 0 Å². The third kappa shape index (κ3) is 2.09. The molecule has 0 bridgehead atoms. The highest BCUT2D eigenvalue weighted by Gasteiger charge is 2.07. The van der Waals surface area contributed by atoms with Gasteiger partial charge in [-0.15, -0.1) is 0 Å². The molecule has 5 N–H and O–H groups in total. The smallest absolute Gasteiger partial charge is 0.116 e. The summed E-state index contributed by atoms with van der Waals surface area (Å²) >= 11 is 2.13. The van der Waals surface area contributed by atoms with Gasteiger partial charge in [-0.1, -0.05) is 6.07 Å². The van der Waals surface area contributed by atoms with Crippen molar-refractivity contribution in [3.63, 3.8) is 0 Å². The Morgan fingerprint density at radius 2 is 2.17 bits per heavy atom. The summed E-state index contributed by atoms with van der Waals surface area (Å²) in [5, 5.41) is 9.12. The van der Waals surface area contributed by atoms with E-state index in [0.717, 1.165) is 9.13 Å². The van der Waals surface area contributed by atoms with E-state index in [2.05, 4.69) is 22.6 Å². The molecule has 66 valence electrons. The van der Waals surface area contributed by atoms with Crippen LogP contribution in [0.3, 0.4) is 0 Å². The Morgan fingerprint density at radius 3 is 2.67 bits per heavy atom. The van der Waals surface area contributed by atoms with E-state index < -0.39 is 0 Å². The van der Waals surface area contributed by atoms with Crippen LogP contribution in [0.25, 0.3) is 0 Å². The van der Waals surface area contributed by atoms with Gasteiger partial charge in [0.1, 0.15) is 5.75 Å². The summed E-state index contributed by atoms with van der Waals surface area (Å²) in [5.74, 6) is 0.257. The van der Waals surface area contributed by atoms with Crippen molar-refractivity contribution in [3.8, 4) is 5.75 Å². The van der Waals surface area contributed by atoms with Crippen molar-refractivity contribution in [1.82, 2.24) is 0 Å². The van der Waals surface area contributed by atoms with Crippen LogP contribution in [-0.2, 0) is 0 Å². The van der Waals surface area contributed by atoms with Crippen molar-refractivity contribution in [1.29, 1.82) is 0 Å². The molecule has 0 spiro atoms. The Labute approximate surface area is 84.9 Å². The molecule has 1 rings (SSSR count). The standard InChI is InChI=1S/C8H11IN2O/c9-7-3-5(12)1-2-6(7)8(11)4-10/h1-3,8,12H,4,10-11H2/t8-/m1/s1. The molecule has 0 unspecified atom stereocenters. The molecule has 0 saturated heterocycles. The second-order valence-corrected chi connectivity index (χ2v) is 3.71. The van der Waals surface area contributed by atoms with Crippen molar-refractivity contribution in [2.45, 2.75) is 6.04 Å². The predicted molar refractivity (Wildman–Crippen MR) is 56.8 cm³/mol. The summed E-state index contributed by atoms with van der Waals surface area (Å²) in [4.78, 5) is 0. The molecule has 12 heavy (non-hydrogen) atoms. The number of benzene rings is 1. The lowest BCUT2D eigenvalue weighted by Crippen LogP contribution is -2.21. The maximum Gasteiger partial charge on any atom is 0.116 e. The SMILES string of the molecule is NC[C@@H](N)c1ccc(O)cc1I. The van der Waals surface area contributed by atoms with Gasteiger partial charge in [-0.3, -0.25) is 0 Å². The maximum atomic E-state index is 9.12. The van der Waals surface area contributed by atoms with Crippen LogP contribution in [0.15, 0.2) is 18.2 Å². The van der Waals surface area contributed by atoms with Crippen molar-refractivity contribution < 1.29 is 5.11 Å². The fourth-order valence-corrected chi connectivity index (χ4v) is 1.84. The van der Waals surface area contributed by atoms with Gasteiger partial charge in [0.25, 0.3) is 0 Å². The second kappa shape index (κ2) is 4.06. The molecular weight excluding hydrogens is 267 g/mol. The number of halogens is 1. The Bertz CT molecular complexity index is 278. The topological polar surface area (TPSA) is 72.3 Å². The van der Waals surface area contributed by atoms with Crippen molar-refractivity contribution in [2.75, 3.05) is 6.54 Å². The minimum absolute atomic E-state index is 0.141. The van der Waals surface area contributed by atoms with Crippen LogP contribution in [0, 0.1) is 3.57 Å². The summed E-state index contributed by atoms with van der Waals surface area (Å²) in [5.41, 5.74) is 12.1. The first kappa shape index (κ1) is 9.76. The number of hydrogen-bond acceptors (Lipinski definition) is 3. The average molecular weight is 278 g/mol. The number of hydrogen-bond donors (Lipinski definition) is 3. The van der Waals surface area contributed by atoms with E-state index in [9.17, 15) is 0 Å². The fraction of sp³-hybridized carbons (Fsp3) is 0.250. The van der Waals surface area contributed by atoms with E-state index in [1.807, 2.05) is 0 Å². The van der Waals surface area contributed by atoms with Gasteiger partial charge in [0.2, 0.25) is 0 Å². The summed E-state index contributed by atoms with van der Waals surface area (Å²) < 4.78 is 0.950. The number of phenols is 1. The number of rotatable bonds is 2. The Hall–Kier alpha value is -0.330. The Morgan fingerprint density at radius 1 is 1.50 bits per heavy atom. The molecule has 0 aliphatic heterocycles. The van der Waals surface area contributed by atoms with Crippen LogP contribution in [0.4, 0.5) is 0 Å². The van der Waals surface area contributed by atoms with Crippen LogP contribution in [0.5, 0.6) is 5.75 Å². The molecule has 0 aliphatic carbocycles. The molecule has 0 amide bonds. The number of phenolic OH excluding ortho intramolecular Hbond substituents is 1. The first-order valence-electron chi connectivity index (χ1n) is 3.59. The molecule has 3 nitrogen and oxygen atoms in total. The molecule has 1 atom stereocenters. The molecule has 1 aromatic rings. The maximum absolute atomic E-state index is 9.12. The van der Waals surface area contributed by atoms with E-state index >= 15 is 0 Å². The van der Waals surface area contributed by atoms with Gasteiger partial charge in [-0.2, -0.15) is 0 Å². The van der Waals surface area contributed by atoms with E-state index in [1.54, 1.807) is 18.2 Å². The van der Waals surface area contributed by atoms with E-state index in [4.69, 9.17) is 16.6 Å². The second-order valence-electron chi connectivity index (χ2n) is 2.55. The predicted octanol–water partition coefficient (Wildman–Crippen LogP) is 0.955. The summed E-state index contributed by atoms with van der Waals surface area (Å²) in [6.45, 7) is 0.417. The highest BCUT2D eigenvalue weighted by atomic mass is 127. The molecule has 0 fully saturated rings. The molecule has 4 heteroatoms. The molecule has 0 aliphatic rings. The minimum atomic E-state index is -0.141. The van der Waals surface area contributed by atoms with Gasteiger partial charge in [0.05, 0.1) is 0 Å². The van der Waals surface area contributed by atoms with Crippen LogP contribution >= 0.6 is 22.6 Å². The lowest BCUT2D eigenvalue weighted by molar-refractivity contribution is 0.474. The van der Waals surface area contributed by atoms with Gasteiger partial charge in [-0.25, -0.2) is 0 Å². The molecule has 0 heterocycles. The zero-order valence-electron chi connectivity index (χ0n) is 6.50. The zero-order valence-corrected chi connectivity index (χ0v) is 8.65. The van der Waals surface area contributed by atoms with Gasteiger partial charge in [0.15, 0.2) is 0 Å². The first-order valence-corrected chi connectivity index (χ1v) is 4.67. The normalized spacial score (nSPS) is 12.9. The Kier molecular flexibility index (Phi) is 3.30. The van der Waals surface area contributed by atoms with E-state index in [1.165, 1.54) is 0 Å². The number of aromatic hydroxyl groups is 1. The monoisotopic (exact) mass is 278 g/mol. The molecule has 1 aromatic carbocycles. The highest BCUT2D eigenvalue weighted by Crippen LogP contribution is 2.22. The van der Waals surface area contributed by atoms with Crippen LogP contribution in [0.2, 0.25) is 0 Å². The van der Waals surface area contributed by atoms with Crippen LogP contribution in [-0.4, -0.2) is 11.7 Å². The third-order valence-corrected chi connectivity index (χ3v) is 2.57. The van der Waals surface area contributed by atoms with Crippen molar-refractivity contribution >= 4 is 22.6 Å². The Balaban J connectivity index is 3.01. The van der Waals surface area contributed by atoms with Gasteiger partial charge < -0.3 is 16.6 Å². The van der Waals surface area contributed by atoms with E-state index in [0.29, 0.717) is 6.54 Å². The van der Waals surface area contributed by atoms with Gasteiger partial charge in [0, 0.05) is 16.2 Å². The van der Waals surface area contributed by atoms with Crippen molar-refractivity contribution in [2.24, 2.45) is 11.5 Å². The number of nitrogens with two attached hydrogens (primary N) is 2. The quantitative estimate of drug-likeness (QED) is 0.705. The lowest BCUT2D eigenvalue weighted by atomic mass is 10.1. The largest absolute Gasteiger partial charge is 0.508 e. The average Bonchev–Trinajstić information content (AvgIpc) is 2.03. The molecule has 0 aromatic heterocycles. The summed E-state index contributed by atoms with van der Waals surface area (Å²) in [7, 11) is 0. The third-order valence-electron chi connectivity index (χ3n) is 1.64. The zero-order chi connectivity index (χ0) is 9.14. The van der Waals surface area contributed by atoms with E-state index in [-0.39, 0.29) is 11.8 Å². The molecular formula is C8H11IN2O. The lowest BCUT2D eigenvalue weighted by Gasteiger charge is -2.10. The highest BCUT2D eigenvalue weighted by molar-refractivity contribution is 14.1. The molecule has 0 radical (unpaired) electrons. The van der Waals surface area contributed by atoms with Gasteiger partial charge in [-0.05, 0) is 40.3 Å². The fourth-order valence-electron chi connectivity index (χ4n) is 0.944. The van der Waals surface area contributed by atoms with Crippen molar-refractivity contribution in [3.05, 3.63) is 27.3 Å². The summed E-state index contributed by atoms with van der Waals surface area (Å²) in [6, 6.07) is 4.95. The minimum Gasteiger partial charge on any atom is -0.508 e. The molecule has 0 saturated carbocycles. The summed E-state index contributed by atoms with van der Waals surface area (Å²) in [6.07, 6.45) is 0. The van der Waals surface area contributed by atoms with Crippen LogP contribution < -0.4 is 11.5 Å².